The standard InChI is InChI=1S/C20H19ClN2OS2/c1-13-3-6-15(7-4-13)11-25-20-23-17(12-26-20)10-19(24)22-16-8-5-14(2)18(21)9-16/h3-9,12H,10-11H2,1-2H3,(H,22,24). The van der Waals surface area contributed by atoms with Gasteiger partial charge in [0.2, 0.25) is 5.91 Å². The minimum Gasteiger partial charge on any atom is -0.326 e. The van der Waals surface area contributed by atoms with E-state index in [1.54, 1.807) is 29.2 Å². The number of carbonyl (C=O) groups is 1. The van der Waals surface area contributed by atoms with Gasteiger partial charge < -0.3 is 5.32 Å². The molecule has 3 aromatic rings. The van der Waals surface area contributed by atoms with Crippen LogP contribution in [-0.2, 0) is 17.0 Å². The number of thioether (sulfide) groups is 1. The molecule has 1 heterocycles. The lowest BCUT2D eigenvalue weighted by molar-refractivity contribution is -0.115. The molecule has 0 bridgehead atoms. The van der Waals surface area contributed by atoms with Crippen molar-refractivity contribution in [1.82, 2.24) is 4.98 Å². The van der Waals surface area contributed by atoms with Gasteiger partial charge in [0.05, 0.1) is 12.1 Å². The molecule has 0 fully saturated rings. The molecular weight excluding hydrogens is 384 g/mol. The Morgan fingerprint density at radius 2 is 1.96 bits per heavy atom. The first-order chi connectivity index (χ1) is 12.5. The molecule has 134 valence electrons. The second kappa shape index (κ2) is 8.71. The Hall–Kier alpha value is -1.82. The summed E-state index contributed by atoms with van der Waals surface area (Å²) in [6, 6.07) is 14.0. The Balaban J connectivity index is 1.53. The molecule has 2 aromatic carbocycles. The second-order valence-electron chi connectivity index (χ2n) is 6.07. The van der Waals surface area contributed by atoms with Crippen LogP contribution in [0.1, 0.15) is 22.4 Å². The van der Waals surface area contributed by atoms with Gasteiger partial charge in [0.15, 0.2) is 0 Å². The average Bonchev–Trinajstić information content (AvgIpc) is 3.05. The molecule has 0 saturated heterocycles. The van der Waals surface area contributed by atoms with Gasteiger partial charge in [0.1, 0.15) is 4.34 Å². The van der Waals surface area contributed by atoms with Crippen LogP contribution >= 0.6 is 34.7 Å². The first kappa shape index (κ1) is 19.0. The van der Waals surface area contributed by atoms with Crippen molar-refractivity contribution in [3.8, 4) is 0 Å². The molecule has 3 rings (SSSR count). The largest absolute Gasteiger partial charge is 0.326 e. The van der Waals surface area contributed by atoms with E-state index in [9.17, 15) is 4.79 Å². The summed E-state index contributed by atoms with van der Waals surface area (Å²) in [5.74, 6) is 0.784. The van der Waals surface area contributed by atoms with E-state index in [4.69, 9.17) is 11.6 Å². The molecule has 1 aromatic heterocycles. The number of carbonyl (C=O) groups excluding carboxylic acids is 1. The quantitative estimate of drug-likeness (QED) is 0.523. The highest BCUT2D eigenvalue weighted by Gasteiger charge is 2.09. The molecule has 0 radical (unpaired) electrons. The number of nitrogens with one attached hydrogen (secondary N) is 1. The third kappa shape index (κ3) is 5.34. The number of hydrogen-bond donors (Lipinski definition) is 1. The molecule has 0 aliphatic heterocycles. The van der Waals surface area contributed by atoms with Crippen LogP contribution < -0.4 is 5.32 Å². The summed E-state index contributed by atoms with van der Waals surface area (Å²) in [7, 11) is 0. The lowest BCUT2D eigenvalue weighted by atomic mass is 10.2. The van der Waals surface area contributed by atoms with Crippen molar-refractivity contribution in [3.05, 3.63) is 75.3 Å². The molecular formula is C20H19ClN2OS2. The topological polar surface area (TPSA) is 42.0 Å². The van der Waals surface area contributed by atoms with E-state index < -0.39 is 0 Å². The number of hydrogen-bond acceptors (Lipinski definition) is 4. The van der Waals surface area contributed by atoms with Crippen LogP contribution in [0.4, 0.5) is 5.69 Å². The molecule has 6 heteroatoms. The number of aryl methyl sites for hydroxylation is 2. The summed E-state index contributed by atoms with van der Waals surface area (Å²) in [4.78, 5) is 16.8. The zero-order valence-corrected chi connectivity index (χ0v) is 17.0. The van der Waals surface area contributed by atoms with Crippen molar-refractivity contribution >= 4 is 46.3 Å². The zero-order chi connectivity index (χ0) is 18.5. The van der Waals surface area contributed by atoms with Gasteiger partial charge in [-0.05, 0) is 37.1 Å². The average molecular weight is 403 g/mol. The van der Waals surface area contributed by atoms with E-state index in [-0.39, 0.29) is 12.3 Å². The first-order valence-corrected chi connectivity index (χ1v) is 10.4. The number of anilines is 1. The predicted molar refractivity (Wildman–Crippen MR) is 111 cm³/mol. The van der Waals surface area contributed by atoms with Gasteiger partial charge in [-0.1, -0.05) is 59.3 Å². The Kier molecular flexibility index (Phi) is 6.35. The predicted octanol–water partition coefficient (Wildman–Crippen LogP) is 5.89. The molecule has 0 atom stereocenters. The van der Waals surface area contributed by atoms with Crippen LogP contribution in [0.2, 0.25) is 5.02 Å². The van der Waals surface area contributed by atoms with Crippen molar-refractivity contribution in [1.29, 1.82) is 0 Å². The molecule has 1 amide bonds. The van der Waals surface area contributed by atoms with Crippen molar-refractivity contribution in [3.63, 3.8) is 0 Å². The van der Waals surface area contributed by atoms with E-state index in [0.717, 1.165) is 21.3 Å². The molecule has 0 unspecified atom stereocenters. The summed E-state index contributed by atoms with van der Waals surface area (Å²) in [5.41, 5.74) is 5.01. The number of thiazole rings is 1. The minimum atomic E-state index is -0.0923. The van der Waals surface area contributed by atoms with Crippen molar-refractivity contribution in [2.24, 2.45) is 0 Å². The van der Waals surface area contributed by atoms with E-state index in [0.29, 0.717) is 10.7 Å². The molecule has 0 aliphatic rings. The van der Waals surface area contributed by atoms with Gasteiger partial charge in [-0.25, -0.2) is 4.98 Å². The van der Waals surface area contributed by atoms with E-state index >= 15 is 0 Å². The summed E-state index contributed by atoms with van der Waals surface area (Å²) in [5, 5.41) is 5.45. The number of nitrogens with zero attached hydrogens (tertiary/aromatic N) is 1. The highest BCUT2D eigenvalue weighted by molar-refractivity contribution is 8.00. The highest BCUT2D eigenvalue weighted by Crippen LogP contribution is 2.27. The van der Waals surface area contributed by atoms with Crippen LogP contribution in [0.3, 0.4) is 0 Å². The monoisotopic (exact) mass is 402 g/mol. The second-order valence-corrected chi connectivity index (χ2v) is 8.56. The summed E-state index contributed by atoms with van der Waals surface area (Å²) in [6.07, 6.45) is 0.257. The van der Waals surface area contributed by atoms with Crippen molar-refractivity contribution < 1.29 is 4.79 Å². The van der Waals surface area contributed by atoms with Crippen LogP contribution in [0.5, 0.6) is 0 Å². The summed E-state index contributed by atoms with van der Waals surface area (Å²) >= 11 is 9.36. The maximum atomic E-state index is 12.2. The lowest BCUT2D eigenvalue weighted by Gasteiger charge is -2.06. The molecule has 1 N–H and O–H groups in total. The van der Waals surface area contributed by atoms with Crippen LogP contribution in [0, 0.1) is 13.8 Å². The third-order valence-electron chi connectivity index (χ3n) is 3.81. The van der Waals surface area contributed by atoms with E-state index in [2.05, 4.69) is 41.5 Å². The van der Waals surface area contributed by atoms with Gasteiger partial charge in [0.25, 0.3) is 0 Å². The molecule has 26 heavy (non-hydrogen) atoms. The highest BCUT2D eigenvalue weighted by atomic mass is 35.5. The van der Waals surface area contributed by atoms with Gasteiger partial charge >= 0.3 is 0 Å². The van der Waals surface area contributed by atoms with Crippen LogP contribution in [0.15, 0.2) is 52.2 Å². The van der Waals surface area contributed by atoms with E-state index in [1.165, 1.54) is 11.1 Å². The zero-order valence-electron chi connectivity index (χ0n) is 14.6. The fourth-order valence-corrected chi connectivity index (χ4v) is 4.29. The number of rotatable bonds is 6. The van der Waals surface area contributed by atoms with Gasteiger partial charge in [-0.2, -0.15) is 0 Å². The summed E-state index contributed by atoms with van der Waals surface area (Å²) < 4.78 is 0.978. The number of aromatic nitrogens is 1. The Morgan fingerprint density at radius 3 is 2.69 bits per heavy atom. The lowest BCUT2D eigenvalue weighted by Crippen LogP contribution is -2.14. The van der Waals surface area contributed by atoms with Crippen LogP contribution in [0.25, 0.3) is 0 Å². The first-order valence-electron chi connectivity index (χ1n) is 8.18. The third-order valence-corrected chi connectivity index (χ3v) is 6.36. The van der Waals surface area contributed by atoms with Crippen molar-refractivity contribution in [2.45, 2.75) is 30.4 Å². The molecule has 0 saturated carbocycles. The van der Waals surface area contributed by atoms with Gasteiger partial charge in [-0.3, -0.25) is 4.79 Å². The normalized spacial score (nSPS) is 10.7. The van der Waals surface area contributed by atoms with Crippen molar-refractivity contribution in [2.75, 3.05) is 5.32 Å². The maximum absolute atomic E-state index is 12.2. The fraction of sp³-hybridized carbons (Fsp3) is 0.200. The molecule has 0 aliphatic carbocycles. The number of halogens is 1. The van der Waals surface area contributed by atoms with Gasteiger partial charge in [0, 0.05) is 21.8 Å². The van der Waals surface area contributed by atoms with Gasteiger partial charge in [-0.15, -0.1) is 11.3 Å². The van der Waals surface area contributed by atoms with Crippen LogP contribution in [-0.4, -0.2) is 10.9 Å². The fourth-order valence-electron chi connectivity index (χ4n) is 2.31. The smallest absolute Gasteiger partial charge is 0.230 e. The SMILES string of the molecule is Cc1ccc(CSc2nc(CC(=O)Nc3ccc(C)c(Cl)c3)cs2)cc1. The Bertz CT molecular complexity index is 906. The Labute approximate surface area is 166 Å². The molecule has 0 spiro atoms. The number of benzene rings is 2. The Morgan fingerprint density at radius 1 is 1.19 bits per heavy atom. The van der Waals surface area contributed by atoms with E-state index in [1.807, 2.05) is 24.4 Å². The number of amides is 1. The molecule has 3 nitrogen and oxygen atoms in total. The maximum Gasteiger partial charge on any atom is 0.230 e. The minimum absolute atomic E-state index is 0.0923. The summed E-state index contributed by atoms with van der Waals surface area (Å²) in [6.45, 7) is 4.01.